The van der Waals surface area contributed by atoms with Crippen molar-refractivity contribution in [2.45, 2.75) is 34.1 Å². The third-order valence-corrected chi connectivity index (χ3v) is 1.97. The van der Waals surface area contributed by atoms with Crippen LogP contribution in [0.1, 0.15) is 32.8 Å². The minimum Gasteiger partial charge on any atom is -0.369 e. The van der Waals surface area contributed by atoms with Crippen LogP contribution in [0.15, 0.2) is 12.3 Å². The summed E-state index contributed by atoms with van der Waals surface area (Å²) in [6, 6.07) is 2.01. The lowest BCUT2D eigenvalue weighted by molar-refractivity contribution is 0.389. The summed E-state index contributed by atoms with van der Waals surface area (Å²) in [5.41, 5.74) is 1.50. The van der Waals surface area contributed by atoms with Gasteiger partial charge in [0.1, 0.15) is 5.82 Å². The predicted octanol–water partition coefficient (Wildman–Crippen LogP) is 2.63. The maximum absolute atomic E-state index is 4.00. The number of aromatic nitrogens is 2. The zero-order chi connectivity index (χ0) is 10.6. The van der Waals surface area contributed by atoms with E-state index in [1.165, 1.54) is 0 Å². The summed E-state index contributed by atoms with van der Waals surface area (Å²) in [6.07, 6.45) is 2.89. The first-order valence-electron chi connectivity index (χ1n) is 5.00. The lowest BCUT2D eigenvalue weighted by Crippen LogP contribution is -2.13. The fraction of sp³-hybridized carbons (Fsp3) is 0.636. The maximum atomic E-state index is 4.00. The van der Waals surface area contributed by atoms with Gasteiger partial charge in [0.2, 0.25) is 0 Å². The van der Waals surface area contributed by atoms with Gasteiger partial charge >= 0.3 is 0 Å². The predicted molar refractivity (Wildman–Crippen MR) is 59.3 cm³/mol. The zero-order valence-corrected chi connectivity index (χ0v) is 9.46. The van der Waals surface area contributed by atoms with Crippen LogP contribution in [0.5, 0.6) is 0 Å². The van der Waals surface area contributed by atoms with Crippen LogP contribution in [0.2, 0.25) is 0 Å². The molecule has 0 unspecified atom stereocenters. The molecule has 0 saturated heterocycles. The first kappa shape index (κ1) is 11.0. The van der Waals surface area contributed by atoms with E-state index in [4.69, 9.17) is 0 Å². The Kier molecular flexibility index (Phi) is 3.44. The van der Waals surface area contributed by atoms with E-state index in [1.807, 2.05) is 13.0 Å². The second-order valence-corrected chi connectivity index (χ2v) is 4.86. The Morgan fingerprint density at radius 2 is 2.07 bits per heavy atom. The molecule has 0 aromatic carbocycles. The Morgan fingerprint density at radius 3 is 2.64 bits per heavy atom. The largest absolute Gasteiger partial charge is 0.369 e. The molecule has 1 aromatic rings. The zero-order valence-electron chi connectivity index (χ0n) is 9.46. The van der Waals surface area contributed by atoms with E-state index in [9.17, 15) is 0 Å². The van der Waals surface area contributed by atoms with Gasteiger partial charge in [0, 0.05) is 6.54 Å². The monoisotopic (exact) mass is 193 g/mol. The van der Waals surface area contributed by atoms with E-state index in [2.05, 4.69) is 36.3 Å². The van der Waals surface area contributed by atoms with E-state index in [0.717, 1.165) is 24.3 Å². The third kappa shape index (κ3) is 4.21. The van der Waals surface area contributed by atoms with Crippen molar-refractivity contribution in [2.75, 3.05) is 11.9 Å². The lowest BCUT2D eigenvalue weighted by Gasteiger charge is -2.18. The molecule has 1 rings (SSSR count). The molecular weight excluding hydrogens is 174 g/mol. The van der Waals surface area contributed by atoms with Crippen molar-refractivity contribution in [1.29, 1.82) is 0 Å². The Hall–Kier alpha value is -1.12. The van der Waals surface area contributed by atoms with Crippen LogP contribution >= 0.6 is 0 Å². The van der Waals surface area contributed by atoms with Crippen LogP contribution in [0.25, 0.3) is 0 Å². The molecule has 1 N–H and O–H groups in total. The first-order valence-corrected chi connectivity index (χ1v) is 5.00. The summed E-state index contributed by atoms with van der Waals surface area (Å²) in [5.74, 6) is 0.870. The quantitative estimate of drug-likeness (QED) is 0.802. The van der Waals surface area contributed by atoms with Crippen LogP contribution in [0, 0.1) is 12.3 Å². The van der Waals surface area contributed by atoms with Crippen molar-refractivity contribution in [3.8, 4) is 0 Å². The Labute approximate surface area is 85.9 Å². The molecule has 3 heteroatoms. The van der Waals surface area contributed by atoms with Gasteiger partial charge in [-0.1, -0.05) is 20.8 Å². The van der Waals surface area contributed by atoms with Crippen molar-refractivity contribution in [1.82, 2.24) is 10.2 Å². The van der Waals surface area contributed by atoms with Crippen molar-refractivity contribution >= 4 is 5.82 Å². The highest BCUT2D eigenvalue weighted by Gasteiger charge is 2.09. The van der Waals surface area contributed by atoms with Crippen LogP contribution in [-0.2, 0) is 0 Å². The number of aryl methyl sites for hydroxylation is 1. The molecule has 0 spiro atoms. The van der Waals surface area contributed by atoms with E-state index in [0.29, 0.717) is 5.41 Å². The molecule has 0 fully saturated rings. The molecule has 78 valence electrons. The molecule has 0 amide bonds. The molecule has 0 aliphatic heterocycles. The van der Waals surface area contributed by atoms with Gasteiger partial charge in [-0.05, 0) is 30.4 Å². The second kappa shape index (κ2) is 4.40. The molecule has 3 nitrogen and oxygen atoms in total. The van der Waals surface area contributed by atoms with Crippen LogP contribution < -0.4 is 5.32 Å². The Bertz CT molecular complexity index is 289. The van der Waals surface area contributed by atoms with E-state index in [1.54, 1.807) is 6.20 Å². The highest BCUT2D eigenvalue weighted by atomic mass is 15.2. The van der Waals surface area contributed by atoms with Crippen molar-refractivity contribution in [3.05, 3.63) is 17.8 Å². The number of nitrogens with one attached hydrogen (secondary N) is 1. The Balaban J connectivity index is 2.39. The molecule has 0 aliphatic carbocycles. The molecule has 0 atom stereocenters. The van der Waals surface area contributed by atoms with Gasteiger partial charge in [-0.3, -0.25) is 0 Å². The van der Waals surface area contributed by atoms with Gasteiger partial charge in [0.15, 0.2) is 0 Å². The molecule has 1 heterocycles. The summed E-state index contributed by atoms with van der Waals surface area (Å²) >= 11 is 0. The summed E-state index contributed by atoms with van der Waals surface area (Å²) in [4.78, 5) is 0. The summed E-state index contributed by atoms with van der Waals surface area (Å²) in [7, 11) is 0. The van der Waals surface area contributed by atoms with Crippen molar-refractivity contribution in [2.24, 2.45) is 5.41 Å². The number of hydrogen-bond donors (Lipinski definition) is 1. The van der Waals surface area contributed by atoms with Crippen LogP contribution in [0.4, 0.5) is 5.82 Å². The maximum Gasteiger partial charge on any atom is 0.148 e. The van der Waals surface area contributed by atoms with Crippen molar-refractivity contribution in [3.63, 3.8) is 0 Å². The van der Waals surface area contributed by atoms with Gasteiger partial charge in [-0.2, -0.15) is 5.10 Å². The molecule has 0 bridgehead atoms. The van der Waals surface area contributed by atoms with Gasteiger partial charge in [-0.25, -0.2) is 0 Å². The fourth-order valence-electron chi connectivity index (χ4n) is 1.12. The van der Waals surface area contributed by atoms with Gasteiger partial charge < -0.3 is 5.32 Å². The number of nitrogens with zero attached hydrogens (tertiary/aromatic N) is 2. The molecular formula is C11H19N3. The van der Waals surface area contributed by atoms with E-state index < -0.39 is 0 Å². The standard InChI is InChI=1S/C11H19N3/c1-9-7-10(14-13-8-9)12-6-5-11(2,3)4/h7-8H,5-6H2,1-4H3,(H,12,14). The SMILES string of the molecule is Cc1cnnc(NCCC(C)(C)C)c1. The highest BCUT2D eigenvalue weighted by Crippen LogP contribution is 2.18. The van der Waals surface area contributed by atoms with Crippen molar-refractivity contribution < 1.29 is 0 Å². The minimum absolute atomic E-state index is 0.365. The minimum atomic E-state index is 0.365. The summed E-state index contributed by atoms with van der Waals surface area (Å²) < 4.78 is 0. The average Bonchev–Trinajstić information content (AvgIpc) is 2.01. The third-order valence-electron chi connectivity index (χ3n) is 1.97. The number of anilines is 1. The summed E-state index contributed by atoms with van der Waals surface area (Å²) in [5, 5.41) is 11.2. The van der Waals surface area contributed by atoms with Crippen LogP contribution in [0.3, 0.4) is 0 Å². The fourth-order valence-corrected chi connectivity index (χ4v) is 1.12. The average molecular weight is 193 g/mol. The second-order valence-electron chi connectivity index (χ2n) is 4.86. The van der Waals surface area contributed by atoms with Gasteiger partial charge in [-0.15, -0.1) is 5.10 Å². The highest BCUT2D eigenvalue weighted by molar-refractivity contribution is 5.34. The molecule has 0 aliphatic rings. The van der Waals surface area contributed by atoms with Crippen LogP contribution in [-0.4, -0.2) is 16.7 Å². The van der Waals surface area contributed by atoms with E-state index in [-0.39, 0.29) is 0 Å². The lowest BCUT2D eigenvalue weighted by atomic mass is 9.92. The van der Waals surface area contributed by atoms with Gasteiger partial charge in [0.05, 0.1) is 6.20 Å². The van der Waals surface area contributed by atoms with E-state index >= 15 is 0 Å². The smallest absolute Gasteiger partial charge is 0.148 e. The molecule has 0 radical (unpaired) electrons. The van der Waals surface area contributed by atoms with Gasteiger partial charge in [0.25, 0.3) is 0 Å². The Morgan fingerprint density at radius 1 is 1.36 bits per heavy atom. The first-order chi connectivity index (χ1) is 6.47. The number of hydrogen-bond acceptors (Lipinski definition) is 3. The summed E-state index contributed by atoms with van der Waals surface area (Å²) in [6.45, 7) is 9.66. The molecule has 1 aromatic heterocycles. The molecule has 0 saturated carbocycles. The normalized spacial score (nSPS) is 11.4. The molecule has 14 heavy (non-hydrogen) atoms. The number of rotatable bonds is 3. The topological polar surface area (TPSA) is 37.8 Å².